The van der Waals surface area contributed by atoms with Crippen molar-refractivity contribution in [3.8, 4) is 0 Å². The van der Waals surface area contributed by atoms with E-state index in [1.165, 1.54) is 0 Å². The minimum absolute atomic E-state index is 0. The van der Waals surface area contributed by atoms with E-state index in [1.54, 1.807) is 0 Å². The van der Waals surface area contributed by atoms with Crippen LogP contribution < -0.4 is 0 Å². The van der Waals surface area contributed by atoms with Crippen LogP contribution in [0, 0.1) is 0 Å². The van der Waals surface area contributed by atoms with Gasteiger partial charge in [0.1, 0.15) is 0 Å². The molecule has 0 saturated carbocycles. The molecule has 0 aromatic rings. The third kappa shape index (κ3) is 2110. The van der Waals surface area contributed by atoms with Gasteiger partial charge < -0.3 is 0 Å². The van der Waals surface area contributed by atoms with Gasteiger partial charge in [0.15, 0.2) is 0 Å². The first kappa shape index (κ1) is 17.6. The molecule has 68 valence electrons. The van der Waals surface area contributed by atoms with Crippen molar-refractivity contribution < 1.29 is 60.9 Å². The normalized spacial score (nSPS) is 10.5. The van der Waals surface area contributed by atoms with Crippen LogP contribution in [0.1, 0.15) is 0 Å². The van der Waals surface area contributed by atoms with Crippen LogP contribution >= 0.6 is 0 Å². The van der Waals surface area contributed by atoms with Gasteiger partial charge in [0.2, 0.25) is 0 Å². The molecule has 0 aromatic heterocycles. The summed E-state index contributed by atoms with van der Waals surface area (Å²) in [6.07, 6.45) is 0. The zero-order chi connectivity index (χ0) is 9.00. The van der Waals surface area contributed by atoms with Crippen LogP contribution in [-0.2, 0) is 46.6 Å². The second-order valence-electron chi connectivity index (χ2n) is 0.896. The van der Waals surface area contributed by atoms with Crippen molar-refractivity contribution in [1.82, 2.24) is 0 Å². The van der Waals surface area contributed by atoms with Gasteiger partial charge in [-0.05, 0) is 0 Å². The van der Waals surface area contributed by atoms with Gasteiger partial charge in [-0.15, -0.1) is 0 Å². The van der Waals surface area contributed by atoms with Crippen molar-refractivity contribution in [2.45, 2.75) is 0 Å². The SMILES string of the molecule is O=S(=O)(O)O.O=S(=O)(O)O.[Hf]. The van der Waals surface area contributed by atoms with Crippen molar-refractivity contribution >= 4 is 20.8 Å². The van der Waals surface area contributed by atoms with Gasteiger partial charge in [0, 0.05) is 25.8 Å². The maximum absolute atomic E-state index is 8.74. The zero-order valence-corrected chi connectivity index (χ0v) is 9.96. The Balaban J connectivity index is -0.000000107. The Labute approximate surface area is 81.6 Å². The molecule has 0 fully saturated rings. The van der Waals surface area contributed by atoms with E-state index in [9.17, 15) is 0 Å². The molecule has 0 rings (SSSR count). The second kappa shape index (κ2) is 6.16. The Morgan fingerprint density at radius 2 is 0.636 bits per heavy atom. The third-order valence-corrected chi connectivity index (χ3v) is 0. The van der Waals surface area contributed by atoms with Crippen molar-refractivity contribution in [2.24, 2.45) is 0 Å². The largest absolute Gasteiger partial charge is 0.394 e. The summed E-state index contributed by atoms with van der Waals surface area (Å²) < 4.78 is 63.2. The third-order valence-electron chi connectivity index (χ3n) is 0. The van der Waals surface area contributed by atoms with Gasteiger partial charge >= 0.3 is 20.8 Å². The molecule has 8 nitrogen and oxygen atoms in total. The van der Waals surface area contributed by atoms with Gasteiger partial charge in [-0.2, -0.15) is 16.8 Å². The average molecular weight is 375 g/mol. The summed E-state index contributed by atoms with van der Waals surface area (Å²) in [4.78, 5) is 0. The summed E-state index contributed by atoms with van der Waals surface area (Å²) in [5, 5.41) is 0. The van der Waals surface area contributed by atoms with E-state index < -0.39 is 20.8 Å². The number of rotatable bonds is 0. The van der Waals surface area contributed by atoms with E-state index in [0.717, 1.165) is 0 Å². The molecule has 0 atom stereocenters. The maximum Gasteiger partial charge on any atom is 0.394 e. The van der Waals surface area contributed by atoms with Crippen LogP contribution in [-0.4, -0.2) is 35.0 Å². The molecule has 0 aliphatic heterocycles. The molecule has 0 aliphatic rings. The van der Waals surface area contributed by atoms with Crippen molar-refractivity contribution in [2.75, 3.05) is 0 Å². The first-order valence-electron chi connectivity index (χ1n) is 1.40. The van der Waals surface area contributed by atoms with Crippen molar-refractivity contribution in [3.05, 3.63) is 0 Å². The van der Waals surface area contributed by atoms with Crippen LogP contribution in [0.4, 0.5) is 0 Å². The Morgan fingerprint density at radius 1 is 0.636 bits per heavy atom. The fourth-order valence-electron chi connectivity index (χ4n) is 0. The topological polar surface area (TPSA) is 149 Å². The minimum Gasteiger partial charge on any atom is -0.264 e. The molecule has 0 aliphatic carbocycles. The molecule has 0 unspecified atom stereocenters. The molecule has 0 spiro atoms. The van der Waals surface area contributed by atoms with Crippen molar-refractivity contribution in [1.29, 1.82) is 0 Å². The smallest absolute Gasteiger partial charge is 0.264 e. The molecular formula is H4HfO8S2. The molecule has 4 N–H and O–H groups in total. The van der Waals surface area contributed by atoms with E-state index in [0.29, 0.717) is 0 Å². The van der Waals surface area contributed by atoms with Gasteiger partial charge in [-0.25, -0.2) is 0 Å². The molecule has 0 amide bonds. The zero-order valence-electron chi connectivity index (χ0n) is 4.74. The molecular weight excluding hydrogens is 371 g/mol. The molecule has 11 heteroatoms. The Bertz CT molecular complexity index is 208. The molecule has 0 heterocycles. The molecule has 0 bridgehead atoms. The van der Waals surface area contributed by atoms with Gasteiger partial charge in [-0.1, -0.05) is 0 Å². The standard InChI is InChI=1S/Hf.2H2O4S/c;2*1-5(2,3)4/h;2*(H2,1,2,3,4). The van der Waals surface area contributed by atoms with Crippen LogP contribution in [0.2, 0.25) is 0 Å². The van der Waals surface area contributed by atoms with Crippen LogP contribution in [0.25, 0.3) is 0 Å². The van der Waals surface area contributed by atoms with Crippen LogP contribution in [0.15, 0.2) is 0 Å². The fourth-order valence-corrected chi connectivity index (χ4v) is 0. The van der Waals surface area contributed by atoms with Crippen molar-refractivity contribution in [3.63, 3.8) is 0 Å². The summed E-state index contributed by atoms with van der Waals surface area (Å²) in [7, 11) is -9.33. The van der Waals surface area contributed by atoms with E-state index in [1.807, 2.05) is 0 Å². The molecule has 0 aromatic carbocycles. The summed E-state index contributed by atoms with van der Waals surface area (Å²) >= 11 is 0. The maximum atomic E-state index is 8.74. The number of hydrogen-bond acceptors (Lipinski definition) is 4. The van der Waals surface area contributed by atoms with Crippen LogP contribution in [0.5, 0.6) is 0 Å². The molecule has 0 saturated heterocycles. The average Bonchev–Trinajstić information content (AvgIpc) is 1.12. The van der Waals surface area contributed by atoms with E-state index in [2.05, 4.69) is 0 Å². The number of hydrogen-bond donors (Lipinski definition) is 4. The summed E-state index contributed by atoms with van der Waals surface area (Å²) in [6.45, 7) is 0. The second-order valence-corrected chi connectivity index (χ2v) is 2.69. The molecule has 0 radical (unpaired) electrons. The van der Waals surface area contributed by atoms with Crippen LogP contribution in [0.3, 0.4) is 0 Å². The Morgan fingerprint density at radius 3 is 0.636 bits per heavy atom. The molecule has 11 heavy (non-hydrogen) atoms. The van der Waals surface area contributed by atoms with E-state index >= 15 is 0 Å². The Kier molecular flexibility index (Phi) is 9.88. The van der Waals surface area contributed by atoms with Gasteiger partial charge in [0.05, 0.1) is 0 Å². The minimum atomic E-state index is -4.67. The summed E-state index contributed by atoms with van der Waals surface area (Å²) in [6, 6.07) is 0. The van der Waals surface area contributed by atoms with E-state index in [4.69, 9.17) is 35.0 Å². The summed E-state index contributed by atoms with van der Waals surface area (Å²) in [5.74, 6) is 0. The summed E-state index contributed by atoms with van der Waals surface area (Å²) in [5.41, 5.74) is 0. The Hall–Kier alpha value is 0.610. The van der Waals surface area contributed by atoms with Gasteiger partial charge in [-0.3, -0.25) is 18.2 Å². The fraction of sp³-hybridized carbons (Fsp3) is 0. The van der Waals surface area contributed by atoms with E-state index in [-0.39, 0.29) is 25.8 Å². The van der Waals surface area contributed by atoms with Gasteiger partial charge in [0.25, 0.3) is 0 Å². The predicted octanol–water partition coefficient (Wildman–Crippen LogP) is -1.31. The predicted molar refractivity (Wildman–Crippen MR) is 28.4 cm³/mol. The quantitative estimate of drug-likeness (QED) is 0.302. The first-order valence-corrected chi connectivity index (χ1v) is 4.19. The monoisotopic (exact) mass is 376 g/mol. The first-order chi connectivity index (χ1) is 4.00.